The molecule has 78 valence electrons. The van der Waals surface area contributed by atoms with Gasteiger partial charge >= 0.3 is 12.0 Å². The van der Waals surface area contributed by atoms with Crippen LogP contribution < -0.4 is 16.8 Å². The Hall–Kier alpha value is -1.83. The maximum Gasteiger partial charge on any atom is 0.316 e. The van der Waals surface area contributed by atoms with Gasteiger partial charge in [-0.2, -0.15) is 0 Å². The van der Waals surface area contributed by atoms with Crippen LogP contribution in [-0.4, -0.2) is 35.9 Å². The van der Waals surface area contributed by atoms with E-state index in [0.29, 0.717) is 13.2 Å². The third-order valence-corrected chi connectivity index (χ3v) is 1.21. The van der Waals surface area contributed by atoms with E-state index >= 15 is 0 Å². The number of nitrogen functional groups attached to an aromatic ring is 1. The predicted molar refractivity (Wildman–Crippen MR) is 47.2 cm³/mol. The number of carbonyl (C=O) groups excluding carboxylic acids is 1. The number of nitrogens with one attached hydrogen (secondary N) is 1. The molecule has 0 aromatic carbocycles. The number of primary amides is 1. The summed E-state index contributed by atoms with van der Waals surface area (Å²) in [5.74, 6) is -0.507. The van der Waals surface area contributed by atoms with E-state index in [2.05, 4.69) is 15.5 Å². The van der Waals surface area contributed by atoms with Crippen molar-refractivity contribution >= 4 is 17.9 Å². The lowest BCUT2D eigenvalue weighted by Crippen LogP contribution is -2.20. The van der Waals surface area contributed by atoms with E-state index in [1.165, 1.54) is 0 Å². The fourth-order valence-corrected chi connectivity index (χ4v) is 0.709. The topological polar surface area (TPSA) is 129 Å². The molecule has 0 radical (unpaired) electrons. The lowest BCUT2D eigenvalue weighted by atomic mass is 10.6. The number of nitrogens with zero attached hydrogens (tertiary/aromatic N) is 2. The van der Waals surface area contributed by atoms with Crippen molar-refractivity contribution < 1.29 is 13.9 Å². The van der Waals surface area contributed by atoms with Gasteiger partial charge in [-0.05, 0) is 0 Å². The molecule has 0 fully saturated rings. The van der Waals surface area contributed by atoms with Gasteiger partial charge in [0.25, 0.3) is 0 Å². The summed E-state index contributed by atoms with van der Waals surface area (Å²) in [6.45, 7) is 0.633. The summed E-state index contributed by atoms with van der Waals surface area (Å²) in [6.07, 6.45) is 0. The second-order valence-electron chi connectivity index (χ2n) is 2.39. The van der Waals surface area contributed by atoms with Crippen LogP contribution in [0.3, 0.4) is 0 Å². The summed E-state index contributed by atoms with van der Waals surface area (Å²) in [6, 6.07) is 0.204. The summed E-state index contributed by atoms with van der Waals surface area (Å²) >= 11 is 0. The molecule has 0 unspecified atom stereocenters. The number of carbonyl (C=O) groups is 1. The van der Waals surface area contributed by atoms with Crippen LogP contribution in [0.25, 0.3) is 0 Å². The van der Waals surface area contributed by atoms with Crippen molar-refractivity contribution in [2.75, 3.05) is 30.8 Å². The van der Waals surface area contributed by atoms with Crippen LogP contribution in [-0.2, 0) is 9.53 Å². The van der Waals surface area contributed by atoms with Crippen molar-refractivity contribution in [2.24, 2.45) is 5.73 Å². The molecule has 0 saturated carbocycles. The highest BCUT2D eigenvalue weighted by molar-refractivity contribution is 5.74. The first-order valence-electron chi connectivity index (χ1n) is 3.87. The van der Waals surface area contributed by atoms with Crippen LogP contribution in [0, 0.1) is 0 Å². The summed E-state index contributed by atoms with van der Waals surface area (Å²) < 4.78 is 9.67. The molecule has 1 aromatic rings. The average molecular weight is 201 g/mol. The number of anilines is 2. The molecule has 14 heavy (non-hydrogen) atoms. The minimum absolute atomic E-state index is 0.00875. The van der Waals surface area contributed by atoms with E-state index < -0.39 is 5.91 Å². The number of rotatable bonds is 6. The van der Waals surface area contributed by atoms with Gasteiger partial charge in [-0.1, -0.05) is 10.2 Å². The normalized spacial score (nSPS) is 10.0. The first kappa shape index (κ1) is 10.3. The largest absolute Gasteiger partial charge is 0.390 e. The zero-order valence-corrected chi connectivity index (χ0v) is 7.40. The second-order valence-corrected chi connectivity index (χ2v) is 2.39. The van der Waals surface area contributed by atoms with Gasteiger partial charge in [-0.25, -0.2) is 0 Å². The molecule has 0 saturated heterocycles. The summed E-state index contributed by atoms with van der Waals surface area (Å²) in [5.41, 5.74) is 10.0. The molecule has 0 aliphatic rings. The van der Waals surface area contributed by atoms with Crippen LogP contribution in [0.15, 0.2) is 4.42 Å². The smallest absolute Gasteiger partial charge is 0.316 e. The Morgan fingerprint density at radius 2 is 2.36 bits per heavy atom. The molecule has 1 heterocycles. The number of hydrogen-bond donors (Lipinski definition) is 3. The quantitative estimate of drug-likeness (QED) is 0.481. The van der Waals surface area contributed by atoms with Crippen LogP contribution in [0.1, 0.15) is 0 Å². The van der Waals surface area contributed by atoms with Gasteiger partial charge in [0.2, 0.25) is 5.91 Å². The maximum atomic E-state index is 10.3. The van der Waals surface area contributed by atoms with Gasteiger partial charge in [-0.3, -0.25) is 4.79 Å². The van der Waals surface area contributed by atoms with Gasteiger partial charge in [0.1, 0.15) is 6.61 Å². The van der Waals surface area contributed by atoms with E-state index in [0.717, 1.165) is 0 Å². The third kappa shape index (κ3) is 3.72. The molecule has 0 aliphatic heterocycles. The Labute approximate surface area is 79.6 Å². The van der Waals surface area contributed by atoms with Crippen LogP contribution >= 0.6 is 0 Å². The second kappa shape index (κ2) is 5.02. The molecule has 1 amide bonds. The van der Waals surface area contributed by atoms with Crippen LogP contribution in [0.4, 0.5) is 12.0 Å². The van der Waals surface area contributed by atoms with Gasteiger partial charge in [0, 0.05) is 6.54 Å². The number of amides is 1. The first-order valence-corrected chi connectivity index (χ1v) is 3.87. The Kier molecular flexibility index (Phi) is 3.68. The molecule has 1 rings (SSSR count). The predicted octanol–water partition coefficient (Wildman–Crippen LogP) is -1.43. The molecule has 8 heteroatoms. The average Bonchev–Trinajstić information content (AvgIpc) is 2.50. The fraction of sp³-hybridized carbons (Fsp3) is 0.500. The zero-order valence-electron chi connectivity index (χ0n) is 7.40. The standard InChI is InChI=1S/C6H11N5O3/c7-4(12)3-13-2-1-9-6-11-10-5(8)14-6/h1-3H2,(H2,7,12)(H2,8,10)(H,9,11). The summed E-state index contributed by atoms with van der Waals surface area (Å²) in [5, 5.41) is 9.72. The number of nitrogens with two attached hydrogens (primary N) is 2. The molecule has 8 nitrogen and oxygen atoms in total. The van der Waals surface area contributed by atoms with Crippen LogP contribution in [0.5, 0.6) is 0 Å². The van der Waals surface area contributed by atoms with Crippen LogP contribution in [0.2, 0.25) is 0 Å². The molecule has 0 atom stereocenters. The lowest BCUT2D eigenvalue weighted by molar-refractivity contribution is -0.122. The number of hydrogen-bond acceptors (Lipinski definition) is 7. The van der Waals surface area contributed by atoms with Crippen molar-refractivity contribution in [3.63, 3.8) is 0 Å². The Bertz CT molecular complexity index is 299. The minimum atomic E-state index is -0.507. The molecule has 0 spiro atoms. The number of ether oxygens (including phenoxy) is 1. The van der Waals surface area contributed by atoms with Gasteiger partial charge in [0.15, 0.2) is 0 Å². The molecular formula is C6H11N5O3. The maximum absolute atomic E-state index is 10.3. The van der Waals surface area contributed by atoms with E-state index in [-0.39, 0.29) is 18.6 Å². The minimum Gasteiger partial charge on any atom is -0.390 e. The number of aromatic nitrogens is 2. The first-order chi connectivity index (χ1) is 6.68. The Morgan fingerprint density at radius 3 is 2.93 bits per heavy atom. The van der Waals surface area contributed by atoms with Gasteiger partial charge in [-0.15, -0.1) is 0 Å². The van der Waals surface area contributed by atoms with Gasteiger partial charge in [0.05, 0.1) is 6.61 Å². The molecule has 0 bridgehead atoms. The Balaban J connectivity index is 2.07. The fourth-order valence-electron chi connectivity index (χ4n) is 0.709. The highest BCUT2D eigenvalue weighted by atomic mass is 16.5. The van der Waals surface area contributed by atoms with E-state index in [9.17, 15) is 4.79 Å². The summed E-state index contributed by atoms with van der Waals surface area (Å²) in [7, 11) is 0. The monoisotopic (exact) mass is 201 g/mol. The zero-order chi connectivity index (χ0) is 10.4. The van der Waals surface area contributed by atoms with E-state index in [4.69, 9.17) is 20.6 Å². The molecular weight excluding hydrogens is 190 g/mol. The lowest BCUT2D eigenvalue weighted by Gasteiger charge is -2.01. The Morgan fingerprint density at radius 1 is 1.57 bits per heavy atom. The highest BCUT2D eigenvalue weighted by Gasteiger charge is 2.00. The van der Waals surface area contributed by atoms with E-state index in [1.54, 1.807) is 0 Å². The van der Waals surface area contributed by atoms with Gasteiger partial charge < -0.3 is 25.9 Å². The van der Waals surface area contributed by atoms with Crippen molar-refractivity contribution in [3.05, 3.63) is 0 Å². The third-order valence-electron chi connectivity index (χ3n) is 1.21. The summed E-state index contributed by atoms with van der Waals surface area (Å²) in [4.78, 5) is 10.3. The van der Waals surface area contributed by atoms with Crippen molar-refractivity contribution in [3.8, 4) is 0 Å². The SMILES string of the molecule is NC(=O)COCCNc1nnc(N)o1. The molecule has 5 N–H and O–H groups in total. The molecule has 0 aliphatic carbocycles. The van der Waals surface area contributed by atoms with Crippen molar-refractivity contribution in [2.45, 2.75) is 0 Å². The van der Waals surface area contributed by atoms with Crippen molar-refractivity contribution in [1.29, 1.82) is 0 Å². The van der Waals surface area contributed by atoms with E-state index in [1.807, 2.05) is 0 Å². The highest BCUT2D eigenvalue weighted by Crippen LogP contribution is 2.04. The van der Waals surface area contributed by atoms with Crippen molar-refractivity contribution in [1.82, 2.24) is 10.2 Å². The molecule has 1 aromatic heterocycles.